The molecule has 0 amide bonds. The topological polar surface area (TPSA) is 62.1 Å². The fourth-order valence-corrected chi connectivity index (χ4v) is 2.22. The first-order valence-corrected chi connectivity index (χ1v) is 7.36. The Bertz CT molecular complexity index is 768. The second kappa shape index (κ2) is 6.48. The van der Waals surface area contributed by atoms with E-state index in [-0.39, 0.29) is 6.10 Å². The number of benzene rings is 1. The van der Waals surface area contributed by atoms with Gasteiger partial charge in [0.05, 0.1) is 24.6 Å². The Hall–Kier alpha value is -2.89. The van der Waals surface area contributed by atoms with Gasteiger partial charge in [0.1, 0.15) is 5.75 Å². The van der Waals surface area contributed by atoms with Gasteiger partial charge < -0.3 is 9.47 Å². The summed E-state index contributed by atoms with van der Waals surface area (Å²) in [5.74, 6) is 1.27. The maximum Gasteiger partial charge on any atom is 0.233 e. The predicted octanol–water partition coefficient (Wildman–Crippen LogP) is 3.13. The van der Waals surface area contributed by atoms with Crippen molar-refractivity contribution in [1.29, 1.82) is 0 Å². The Balaban J connectivity index is 2.02. The van der Waals surface area contributed by atoms with Crippen LogP contribution in [0.15, 0.2) is 48.8 Å². The zero-order chi connectivity index (χ0) is 16.2. The summed E-state index contributed by atoms with van der Waals surface area (Å²) in [5, 5.41) is 12.7. The Morgan fingerprint density at radius 1 is 1.09 bits per heavy atom. The van der Waals surface area contributed by atoms with Crippen LogP contribution < -0.4 is 9.47 Å². The molecular formula is C17H18N4O2. The van der Waals surface area contributed by atoms with E-state index in [2.05, 4.69) is 15.3 Å². The van der Waals surface area contributed by atoms with E-state index in [0.29, 0.717) is 5.88 Å². The van der Waals surface area contributed by atoms with Gasteiger partial charge in [-0.15, -0.1) is 10.2 Å². The van der Waals surface area contributed by atoms with Crippen LogP contribution in [0.3, 0.4) is 0 Å². The summed E-state index contributed by atoms with van der Waals surface area (Å²) in [6, 6.07) is 11.3. The molecule has 0 atom stereocenters. The van der Waals surface area contributed by atoms with Crippen LogP contribution in [0.1, 0.15) is 13.8 Å². The van der Waals surface area contributed by atoms with Gasteiger partial charge in [-0.2, -0.15) is 5.10 Å². The first-order chi connectivity index (χ1) is 11.2. The number of hydrogen-bond acceptors (Lipinski definition) is 5. The van der Waals surface area contributed by atoms with Crippen LogP contribution in [0.2, 0.25) is 0 Å². The number of rotatable bonds is 5. The molecule has 0 radical (unpaired) electrons. The minimum Gasteiger partial charge on any atom is -0.497 e. The van der Waals surface area contributed by atoms with E-state index < -0.39 is 0 Å². The highest BCUT2D eigenvalue weighted by molar-refractivity contribution is 5.71. The Labute approximate surface area is 134 Å². The molecule has 2 heterocycles. The number of hydrogen-bond donors (Lipinski definition) is 0. The SMILES string of the molecule is COc1ccc(-c2ccc(OC(C)C)nn2)c(-n2cccn2)c1. The average molecular weight is 310 g/mol. The molecule has 0 spiro atoms. The molecule has 0 unspecified atom stereocenters. The zero-order valence-electron chi connectivity index (χ0n) is 13.3. The average Bonchev–Trinajstić information content (AvgIpc) is 3.09. The molecule has 0 saturated heterocycles. The number of ether oxygens (including phenoxy) is 2. The second-order valence-corrected chi connectivity index (χ2v) is 5.26. The molecule has 0 aliphatic heterocycles. The molecule has 23 heavy (non-hydrogen) atoms. The van der Waals surface area contributed by atoms with E-state index in [0.717, 1.165) is 22.7 Å². The van der Waals surface area contributed by atoms with Crippen LogP contribution >= 0.6 is 0 Å². The normalized spacial score (nSPS) is 10.8. The van der Waals surface area contributed by atoms with Crippen molar-refractivity contribution in [3.63, 3.8) is 0 Å². The summed E-state index contributed by atoms with van der Waals surface area (Å²) in [4.78, 5) is 0. The van der Waals surface area contributed by atoms with Crippen LogP contribution in [0.4, 0.5) is 0 Å². The molecule has 3 aromatic rings. The van der Waals surface area contributed by atoms with Gasteiger partial charge in [0.15, 0.2) is 0 Å². The lowest BCUT2D eigenvalue weighted by atomic mass is 10.1. The van der Waals surface area contributed by atoms with Gasteiger partial charge in [-0.05, 0) is 38.1 Å². The largest absolute Gasteiger partial charge is 0.497 e. The van der Waals surface area contributed by atoms with E-state index in [4.69, 9.17) is 9.47 Å². The van der Waals surface area contributed by atoms with Crippen molar-refractivity contribution < 1.29 is 9.47 Å². The molecule has 6 heteroatoms. The highest BCUT2D eigenvalue weighted by Crippen LogP contribution is 2.29. The number of nitrogens with zero attached hydrogens (tertiary/aromatic N) is 4. The van der Waals surface area contributed by atoms with E-state index in [9.17, 15) is 0 Å². The van der Waals surface area contributed by atoms with Crippen LogP contribution in [0.5, 0.6) is 11.6 Å². The summed E-state index contributed by atoms with van der Waals surface area (Å²) >= 11 is 0. The summed E-state index contributed by atoms with van der Waals surface area (Å²) in [5.41, 5.74) is 2.54. The van der Waals surface area contributed by atoms with Gasteiger partial charge >= 0.3 is 0 Å². The smallest absolute Gasteiger partial charge is 0.233 e. The predicted molar refractivity (Wildman–Crippen MR) is 86.9 cm³/mol. The number of aromatic nitrogens is 4. The Kier molecular flexibility index (Phi) is 4.23. The molecule has 0 saturated carbocycles. The molecule has 6 nitrogen and oxygen atoms in total. The number of methoxy groups -OCH3 is 1. The molecule has 1 aromatic carbocycles. The highest BCUT2D eigenvalue weighted by Gasteiger charge is 2.11. The van der Waals surface area contributed by atoms with Crippen molar-refractivity contribution in [3.8, 4) is 28.6 Å². The molecular weight excluding hydrogens is 292 g/mol. The molecule has 0 fully saturated rings. The summed E-state index contributed by atoms with van der Waals surface area (Å²) in [6.45, 7) is 3.91. The zero-order valence-corrected chi connectivity index (χ0v) is 13.3. The maximum atomic E-state index is 5.53. The lowest BCUT2D eigenvalue weighted by Crippen LogP contribution is -2.07. The summed E-state index contributed by atoms with van der Waals surface area (Å²) in [6.07, 6.45) is 3.67. The molecule has 0 N–H and O–H groups in total. The lowest BCUT2D eigenvalue weighted by molar-refractivity contribution is 0.230. The molecule has 0 bridgehead atoms. The van der Waals surface area contributed by atoms with E-state index in [1.165, 1.54) is 0 Å². The van der Waals surface area contributed by atoms with Crippen molar-refractivity contribution in [2.75, 3.05) is 7.11 Å². The Morgan fingerprint density at radius 2 is 1.96 bits per heavy atom. The van der Waals surface area contributed by atoms with E-state index >= 15 is 0 Å². The third kappa shape index (κ3) is 3.31. The molecule has 0 aliphatic carbocycles. The second-order valence-electron chi connectivity index (χ2n) is 5.26. The first kappa shape index (κ1) is 15.0. The van der Waals surface area contributed by atoms with Crippen molar-refractivity contribution in [1.82, 2.24) is 20.0 Å². The van der Waals surface area contributed by atoms with Gasteiger partial charge in [-0.25, -0.2) is 4.68 Å². The quantitative estimate of drug-likeness (QED) is 0.724. The third-order valence-corrected chi connectivity index (χ3v) is 3.23. The van der Waals surface area contributed by atoms with Crippen LogP contribution in [-0.2, 0) is 0 Å². The van der Waals surface area contributed by atoms with Gasteiger partial charge in [0, 0.05) is 30.1 Å². The van der Waals surface area contributed by atoms with Crippen LogP contribution in [0, 0.1) is 0 Å². The van der Waals surface area contributed by atoms with Crippen molar-refractivity contribution in [2.45, 2.75) is 20.0 Å². The highest BCUT2D eigenvalue weighted by atomic mass is 16.5. The Morgan fingerprint density at radius 3 is 2.57 bits per heavy atom. The van der Waals surface area contributed by atoms with Gasteiger partial charge in [0.2, 0.25) is 5.88 Å². The summed E-state index contributed by atoms with van der Waals surface area (Å²) in [7, 11) is 1.64. The minimum atomic E-state index is 0.0655. The molecule has 3 rings (SSSR count). The molecule has 0 aliphatic rings. The van der Waals surface area contributed by atoms with Gasteiger partial charge in [-0.1, -0.05) is 0 Å². The van der Waals surface area contributed by atoms with E-state index in [1.54, 1.807) is 18.0 Å². The van der Waals surface area contributed by atoms with Gasteiger partial charge in [-0.3, -0.25) is 0 Å². The minimum absolute atomic E-state index is 0.0655. The standard InChI is InChI=1S/C17H18N4O2/c1-12(2)23-17-8-7-15(19-20-17)14-6-5-13(22-3)11-16(14)21-10-4-9-18-21/h4-12H,1-3H3. The summed E-state index contributed by atoms with van der Waals surface area (Å²) < 4.78 is 12.6. The van der Waals surface area contributed by atoms with Gasteiger partial charge in [0.25, 0.3) is 0 Å². The first-order valence-electron chi connectivity index (χ1n) is 7.36. The van der Waals surface area contributed by atoms with Crippen LogP contribution in [-0.4, -0.2) is 33.2 Å². The van der Waals surface area contributed by atoms with Crippen LogP contribution in [0.25, 0.3) is 16.9 Å². The fraction of sp³-hybridized carbons (Fsp3) is 0.235. The van der Waals surface area contributed by atoms with Crippen molar-refractivity contribution in [3.05, 3.63) is 48.8 Å². The van der Waals surface area contributed by atoms with E-state index in [1.807, 2.05) is 56.4 Å². The molecule has 118 valence electrons. The van der Waals surface area contributed by atoms with Crippen molar-refractivity contribution in [2.24, 2.45) is 0 Å². The molecule has 2 aromatic heterocycles. The van der Waals surface area contributed by atoms with Crippen molar-refractivity contribution >= 4 is 0 Å². The monoisotopic (exact) mass is 310 g/mol. The maximum absolute atomic E-state index is 5.53. The third-order valence-electron chi connectivity index (χ3n) is 3.23. The fourth-order valence-electron chi connectivity index (χ4n) is 2.22. The lowest BCUT2D eigenvalue weighted by Gasteiger charge is -2.12.